The maximum absolute atomic E-state index is 13.8. The molecule has 5 rings (SSSR count). The number of carbonyl (C=O) groups excluding carboxylic acids is 1. The third kappa shape index (κ3) is 1.93. The Morgan fingerprint density at radius 3 is 2.44 bits per heavy atom. The third-order valence-corrected chi connectivity index (χ3v) is 6.69. The highest BCUT2D eigenvalue weighted by Crippen LogP contribution is 2.57. The number of hydrogen-bond donors (Lipinski definition) is 1. The van der Waals surface area contributed by atoms with Crippen molar-refractivity contribution in [3.63, 3.8) is 0 Å². The lowest BCUT2D eigenvalue weighted by molar-refractivity contribution is -0.125. The Morgan fingerprint density at radius 1 is 0.920 bits per heavy atom. The summed E-state index contributed by atoms with van der Waals surface area (Å²) in [6.45, 7) is 1.60. The number of nitrogens with one attached hydrogen (secondary N) is 1. The Morgan fingerprint density at radius 2 is 1.64 bits per heavy atom. The second kappa shape index (κ2) is 5.43. The smallest absolute Gasteiger partial charge is 0.239 e. The quantitative estimate of drug-likeness (QED) is 0.908. The first-order chi connectivity index (χ1) is 12.3. The highest BCUT2D eigenvalue weighted by molar-refractivity contribution is 6.09. The summed E-state index contributed by atoms with van der Waals surface area (Å²) < 4.78 is 0. The van der Waals surface area contributed by atoms with E-state index >= 15 is 0 Å². The molecule has 2 aliphatic heterocycles. The number of hydrogen-bond acceptors (Lipinski definition) is 2. The minimum Gasteiger partial charge on any atom is -0.310 e. The van der Waals surface area contributed by atoms with Gasteiger partial charge in [0.1, 0.15) is 0 Å². The molecule has 2 aromatic carbocycles. The average molecular weight is 332 g/mol. The Labute approximate surface area is 149 Å². The van der Waals surface area contributed by atoms with Crippen LogP contribution in [0, 0.1) is 0 Å². The van der Waals surface area contributed by atoms with Crippen molar-refractivity contribution in [2.24, 2.45) is 0 Å². The molecule has 1 atom stereocenters. The fraction of sp³-hybridized carbons (Fsp3) is 0.409. The molecule has 128 valence electrons. The molecule has 3 nitrogen and oxygen atoms in total. The van der Waals surface area contributed by atoms with Crippen LogP contribution in [0.1, 0.15) is 43.2 Å². The Balaban J connectivity index is 1.64. The highest BCUT2D eigenvalue weighted by Gasteiger charge is 2.65. The Bertz CT molecular complexity index is 804. The van der Waals surface area contributed by atoms with Crippen molar-refractivity contribution in [1.82, 2.24) is 5.32 Å². The standard InChI is InChI=1S/C22H24N2O/c25-20-22(14-15-23-21(22)12-6-7-13-21)18-10-4-5-11-19(18)24(20)16-17-8-2-1-3-9-17/h1-5,8-11,23H,6-7,12-16H2/t22-/m0/s1. The van der Waals surface area contributed by atoms with Crippen LogP contribution >= 0.6 is 0 Å². The van der Waals surface area contributed by atoms with E-state index in [1.807, 2.05) is 23.1 Å². The number of rotatable bonds is 2. The number of amides is 1. The van der Waals surface area contributed by atoms with Gasteiger partial charge in [0.05, 0.1) is 12.0 Å². The number of benzene rings is 2. The van der Waals surface area contributed by atoms with Gasteiger partial charge in [0, 0.05) is 11.2 Å². The molecule has 2 spiro atoms. The fourth-order valence-electron chi connectivity index (χ4n) is 5.61. The van der Waals surface area contributed by atoms with Gasteiger partial charge in [-0.3, -0.25) is 4.79 Å². The lowest BCUT2D eigenvalue weighted by Gasteiger charge is -2.40. The predicted molar refractivity (Wildman–Crippen MR) is 99.6 cm³/mol. The van der Waals surface area contributed by atoms with Crippen LogP contribution in [-0.2, 0) is 16.8 Å². The van der Waals surface area contributed by atoms with E-state index in [1.54, 1.807) is 0 Å². The highest BCUT2D eigenvalue weighted by atomic mass is 16.2. The van der Waals surface area contributed by atoms with E-state index < -0.39 is 0 Å². The van der Waals surface area contributed by atoms with E-state index in [9.17, 15) is 4.79 Å². The van der Waals surface area contributed by atoms with Crippen molar-refractivity contribution in [3.8, 4) is 0 Å². The normalized spacial score (nSPS) is 26.7. The Kier molecular flexibility index (Phi) is 3.29. The molecule has 1 N–H and O–H groups in total. The molecule has 1 aliphatic carbocycles. The van der Waals surface area contributed by atoms with Gasteiger partial charge in [0.25, 0.3) is 0 Å². The molecule has 3 heteroatoms. The van der Waals surface area contributed by atoms with Crippen molar-refractivity contribution in [2.75, 3.05) is 11.4 Å². The first-order valence-electron chi connectivity index (χ1n) is 9.47. The van der Waals surface area contributed by atoms with Crippen molar-refractivity contribution >= 4 is 11.6 Å². The van der Waals surface area contributed by atoms with Crippen LogP contribution in [0.2, 0.25) is 0 Å². The topological polar surface area (TPSA) is 32.3 Å². The average Bonchev–Trinajstić information content (AvgIpc) is 3.34. The van der Waals surface area contributed by atoms with Crippen molar-refractivity contribution in [1.29, 1.82) is 0 Å². The van der Waals surface area contributed by atoms with Crippen LogP contribution in [0.3, 0.4) is 0 Å². The van der Waals surface area contributed by atoms with Gasteiger partial charge in [0.15, 0.2) is 0 Å². The van der Waals surface area contributed by atoms with E-state index in [4.69, 9.17) is 0 Å². The van der Waals surface area contributed by atoms with Gasteiger partial charge in [-0.15, -0.1) is 0 Å². The predicted octanol–water partition coefficient (Wildman–Crippen LogP) is 3.78. The summed E-state index contributed by atoms with van der Waals surface area (Å²) in [4.78, 5) is 15.9. The summed E-state index contributed by atoms with van der Waals surface area (Å²) in [5.74, 6) is 0.310. The van der Waals surface area contributed by atoms with Crippen LogP contribution < -0.4 is 10.2 Å². The van der Waals surface area contributed by atoms with Gasteiger partial charge in [-0.1, -0.05) is 61.4 Å². The van der Waals surface area contributed by atoms with Crippen LogP contribution in [0.15, 0.2) is 54.6 Å². The number of para-hydroxylation sites is 1. The summed E-state index contributed by atoms with van der Waals surface area (Å²) in [5.41, 5.74) is 3.16. The maximum Gasteiger partial charge on any atom is 0.239 e. The molecular formula is C22H24N2O. The fourth-order valence-corrected chi connectivity index (χ4v) is 5.61. The number of carbonyl (C=O) groups is 1. The van der Waals surface area contributed by atoms with Crippen LogP contribution in [0.5, 0.6) is 0 Å². The van der Waals surface area contributed by atoms with E-state index in [0.717, 1.165) is 31.5 Å². The summed E-state index contributed by atoms with van der Waals surface area (Å²) >= 11 is 0. The van der Waals surface area contributed by atoms with Gasteiger partial charge >= 0.3 is 0 Å². The summed E-state index contributed by atoms with van der Waals surface area (Å²) in [7, 11) is 0. The van der Waals surface area contributed by atoms with E-state index in [-0.39, 0.29) is 11.0 Å². The van der Waals surface area contributed by atoms with Gasteiger partial charge in [-0.25, -0.2) is 0 Å². The van der Waals surface area contributed by atoms with Crippen LogP contribution in [0.4, 0.5) is 5.69 Å². The van der Waals surface area contributed by atoms with Gasteiger partial charge in [-0.2, -0.15) is 0 Å². The minimum absolute atomic E-state index is 0.0361. The summed E-state index contributed by atoms with van der Waals surface area (Å²) in [5, 5.41) is 3.77. The van der Waals surface area contributed by atoms with Crippen molar-refractivity contribution < 1.29 is 4.79 Å². The lowest BCUT2D eigenvalue weighted by Crippen LogP contribution is -2.57. The largest absolute Gasteiger partial charge is 0.310 e. The molecule has 2 aromatic rings. The van der Waals surface area contributed by atoms with Gasteiger partial charge in [0.2, 0.25) is 5.91 Å². The molecule has 1 saturated carbocycles. The summed E-state index contributed by atoms with van der Waals surface area (Å²) in [6, 6.07) is 18.8. The number of fused-ring (bicyclic) bond motifs is 3. The Hall–Kier alpha value is -2.13. The third-order valence-electron chi connectivity index (χ3n) is 6.69. The lowest BCUT2D eigenvalue weighted by atomic mass is 9.65. The first kappa shape index (κ1) is 15.2. The molecule has 1 amide bonds. The monoisotopic (exact) mass is 332 g/mol. The zero-order chi connectivity index (χ0) is 16.9. The van der Waals surface area contributed by atoms with Crippen molar-refractivity contribution in [2.45, 2.75) is 49.6 Å². The molecule has 2 heterocycles. The zero-order valence-corrected chi connectivity index (χ0v) is 14.5. The molecule has 0 radical (unpaired) electrons. The summed E-state index contributed by atoms with van der Waals surface area (Å²) in [6.07, 6.45) is 5.61. The van der Waals surface area contributed by atoms with Crippen molar-refractivity contribution in [3.05, 3.63) is 65.7 Å². The van der Waals surface area contributed by atoms with E-state index in [1.165, 1.54) is 24.0 Å². The zero-order valence-electron chi connectivity index (χ0n) is 14.5. The van der Waals surface area contributed by atoms with Gasteiger partial charge in [-0.05, 0) is 43.0 Å². The number of nitrogens with zero attached hydrogens (tertiary/aromatic N) is 1. The van der Waals surface area contributed by atoms with Crippen LogP contribution in [-0.4, -0.2) is 18.0 Å². The second-order valence-corrected chi connectivity index (χ2v) is 7.77. The molecule has 0 unspecified atom stereocenters. The molecule has 2 fully saturated rings. The molecule has 25 heavy (non-hydrogen) atoms. The molecule has 0 bridgehead atoms. The molecule has 0 aromatic heterocycles. The second-order valence-electron chi connectivity index (χ2n) is 7.77. The first-order valence-corrected chi connectivity index (χ1v) is 9.47. The van der Waals surface area contributed by atoms with Gasteiger partial charge < -0.3 is 10.2 Å². The minimum atomic E-state index is -0.366. The SMILES string of the molecule is O=C1N(Cc2ccccc2)c2ccccc2[C@@]12CCNC21CCCC1. The number of anilines is 1. The molecular weight excluding hydrogens is 308 g/mol. The van der Waals surface area contributed by atoms with E-state index in [2.05, 4.69) is 41.7 Å². The molecule has 3 aliphatic rings. The van der Waals surface area contributed by atoms with Crippen LogP contribution in [0.25, 0.3) is 0 Å². The molecule has 1 saturated heterocycles. The maximum atomic E-state index is 13.8. The van der Waals surface area contributed by atoms with E-state index in [0.29, 0.717) is 12.5 Å².